The smallest absolute Gasteiger partial charge is 0.301 e. The van der Waals surface area contributed by atoms with Crippen molar-refractivity contribution in [3.05, 3.63) is 12.8 Å². The minimum Gasteiger partial charge on any atom is -0.301 e. The molecular weight excluding hydrogens is 148 g/mol. The molecule has 0 heterocycles. The normalized spacial score (nSPS) is 9.00. The monoisotopic (exact) mass is 160 g/mol. The van der Waals surface area contributed by atoms with Crippen LogP contribution < -0.4 is 0 Å². The molecule has 0 saturated carbocycles. The topological polar surface area (TPSA) is 42.0 Å². The van der Waals surface area contributed by atoms with E-state index >= 15 is 0 Å². The van der Waals surface area contributed by atoms with Crippen LogP contribution in [0.3, 0.4) is 0 Å². The van der Waals surface area contributed by atoms with Crippen LogP contribution in [0, 0.1) is 0 Å². The van der Waals surface area contributed by atoms with Crippen molar-refractivity contribution < 1.29 is 14.5 Å². The number of carbonyl (C=O) groups excluding carboxylic acids is 1. The largest absolute Gasteiger partial charge is 0.373 e. The van der Waals surface area contributed by atoms with Gasteiger partial charge in [0.15, 0.2) is 0 Å². The van der Waals surface area contributed by atoms with Gasteiger partial charge in [-0.2, -0.15) is 0 Å². The van der Waals surface area contributed by atoms with Gasteiger partial charge in [0.1, 0.15) is 0 Å². The van der Waals surface area contributed by atoms with E-state index in [-0.39, 0.29) is 0 Å². The Bertz CT molecular complexity index is 145. The molecule has 0 aliphatic heterocycles. The summed E-state index contributed by atoms with van der Waals surface area (Å²) < 4.78 is 0. The Morgan fingerprint density at radius 1 is 1.45 bits per heavy atom. The van der Waals surface area contributed by atoms with Gasteiger partial charge in [-0.1, -0.05) is 11.8 Å². The molecular formula is C6H12N2O3. The quantitative estimate of drug-likeness (QED) is 0.568. The SMILES string of the molecule is C=CN(C)C(=O)N(OC)OC. The summed E-state index contributed by atoms with van der Waals surface area (Å²) in [6.45, 7) is 3.40. The average Bonchev–Trinajstić information content (AvgIpc) is 2.05. The first-order chi connectivity index (χ1) is 5.17. The number of hydrogen-bond donors (Lipinski definition) is 0. The van der Waals surface area contributed by atoms with E-state index in [4.69, 9.17) is 0 Å². The van der Waals surface area contributed by atoms with E-state index < -0.39 is 6.03 Å². The molecule has 0 fully saturated rings. The van der Waals surface area contributed by atoms with E-state index in [9.17, 15) is 4.79 Å². The van der Waals surface area contributed by atoms with E-state index in [2.05, 4.69) is 16.3 Å². The summed E-state index contributed by atoms with van der Waals surface area (Å²) >= 11 is 0. The number of amides is 2. The first kappa shape index (κ1) is 9.93. The van der Waals surface area contributed by atoms with Crippen LogP contribution in [0.1, 0.15) is 0 Å². The lowest BCUT2D eigenvalue weighted by molar-refractivity contribution is -0.301. The van der Waals surface area contributed by atoms with Crippen molar-refractivity contribution in [3.63, 3.8) is 0 Å². The maximum absolute atomic E-state index is 11.1. The summed E-state index contributed by atoms with van der Waals surface area (Å²) in [7, 11) is 4.21. The number of urea groups is 1. The number of rotatable bonds is 3. The van der Waals surface area contributed by atoms with Crippen LogP contribution in [-0.4, -0.2) is 37.4 Å². The lowest BCUT2D eigenvalue weighted by Crippen LogP contribution is -2.36. The zero-order valence-corrected chi connectivity index (χ0v) is 6.90. The van der Waals surface area contributed by atoms with E-state index in [1.54, 1.807) is 7.05 Å². The summed E-state index contributed by atoms with van der Waals surface area (Å²) in [5.41, 5.74) is 0. The molecule has 0 rings (SSSR count). The summed E-state index contributed by atoms with van der Waals surface area (Å²) in [6, 6.07) is -0.440. The lowest BCUT2D eigenvalue weighted by Gasteiger charge is -2.20. The van der Waals surface area contributed by atoms with E-state index in [1.165, 1.54) is 25.3 Å². The second-order valence-corrected chi connectivity index (χ2v) is 1.70. The summed E-state index contributed by atoms with van der Waals surface area (Å²) in [4.78, 5) is 21.4. The van der Waals surface area contributed by atoms with Gasteiger partial charge in [-0.25, -0.2) is 14.5 Å². The highest BCUT2D eigenvalue weighted by Gasteiger charge is 2.14. The van der Waals surface area contributed by atoms with Crippen molar-refractivity contribution in [1.29, 1.82) is 0 Å². The highest BCUT2D eigenvalue weighted by molar-refractivity contribution is 5.72. The molecule has 64 valence electrons. The molecule has 0 N–H and O–H groups in total. The maximum Gasteiger partial charge on any atom is 0.373 e. The third-order valence-corrected chi connectivity index (χ3v) is 1.06. The van der Waals surface area contributed by atoms with Gasteiger partial charge in [-0.05, 0) is 0 Å². The van der Waals surface area contributed by atoms with Gasteiger partial charge in [0.05, 0.1) is 14.2 Å². The zero-order chi connectivity index (χ0) is 8.85. The van der Waals surface area contributed by atoms with Gasteiger partial charge in [0.25, 0.3) is 0 Å². The molecule has 0 aliphatic rings. The molecule has 0 spiro atoms. The molecule has 11 heavy (non-hydrogen) atoms. The van der Waals surface area contributed by atoms with Crippen molar-refractivity contribution in [2.45, 2.75) is 0 Å². The molecule has 0 aromatic carbocycles. The Balaban J connectivity index is 4.08. The Morgan fingerprint density at radius 3 is 2.18 bits per heavy atom. The molecule has 0 saturated heterocycles. The molecule has 2 amide bonds. The molecule has 0 bridgehead atoms. The minimum atomic E-state index is -0.440. The lowest BCUT2D eigenvalue weighted by atomic mass is 10.8. The van der Waals surface area contributed by atoms with Crippen LogP contribution in [0.5, 0.6) is 0 Å². The maximum atomic E-state index is 11.1. The minimum absolute atomic E-state index is 0.440. The molecule has 5 heteroatoms. The number of hydrogen-bond acceptors (Lipinski definition) is 3. The fourth-order valence-corrected chi connectivity index (χ4v) is 0.438. The van der Waals surface area contributed by atoms with Crippen LogP contribution in [0.25, 0.3) is 0 Å². The molecule has 0 radical (unpaired) electrons. The van der Waals surface area contributed by atoms with E-state index in [1.807, 2.05) is 0 Å². The van der Waals surface area contributed by atoms with Crippen LogP contribution in [0.4, 0.5) is 4.79 Å². The van der Waals surface area contributed by atoms with Crippen molar-refractivity contribution >= 4 is 6.03 Å². The van der Waals surface area contributed by atoms with Crippen LogP contribution >= 0.6 is 0 Å². The Morgan fingerprint density at radius 2 is 1.91 bits per heavy atom. The predicted molar refractivity (Wildman–Crippen MR) is 39.2 cm³/mol. The highest BCUT2D eigenvalue weighted by atomic mass is 16.9. The third kappa shape index (κ3) is 2.57. The molecule has 0 atom stereocenters. The standard InChI is InChI=1S/C6H12N2O3/c1-5-7(2)6(9)8(10-3)11-4/h5H,1H2,2-4H3. The zero-order valence-electron chi connectivity index (χ0n) is 6.90. The molecule has 0 aromatic heterocycles. The number of nitrogens with zero attached hydrogens (tertiary/aromatic N) is 2. The van der Waals surface area contributed by atoms with Gasteiger partial charge in [-0.3, -0.25) is 0 Å². The summed E-state index contributed by atoms with van der Waals surface area (Å²) in [5, 5.41) is 0.738. The Kier molecular flexibility index (Phi) is 4.24. The molecule has 0 aromatic rings. The van der Waals surface area contributed by atoms with Crippen molar-refractivity contribution in [1.82, 2.24) is 10.1 Å². The number of carbonyl (C=O) groups is 1. The molecule has 5 nitrogen and oxygen atoms in total. The first-order valence-electron chi connectivity index (χ1n) is 2.95. The van der Waals surface area contributed by atoms with Crippen LogP contribution in [0.2, 0.25) is 0 Å². The van der Waals surface area contributed by atoms with Crippen LogP contribution in [-0.2, 0) is 9.68 Å². The summed E-state index contributed by atoms with van der Waals surface area (Å²) in [5.74, 6) is 0. The Labute approximate surface area is 65.7 Å². The Hall–Kier alpha value is -1.07. The number of hydroxylamine groups is 2. The fourth-order valence-electron chi connectivity index (χ4n) is 0.438. The van der Waals surface area contributed by atoms with Gasteiger partial charge in [0.2, 0.25) is 0 Å². The van der Waals surface area contributed by atoms with Crippen LogP contribution in [0.15, 0.2) is 12.8 Å². The predicted octanol–water partition coefficient (Wildman–Crippen LogP) is 0.607. The highest BCUT2D eigenvalue weighted by Crippen LogP contribution is 1.96. The van der Waals surface area contributed by atoms with Crippen molar-refractivity contribution in [2.75, 3.05) is 21.3 Å². The molecule has 0 unspecified atom stereocenters. The van der Waals surface area contributed by atoms with Gasteiger partial charge < -0.3 is 4.90 Å². The second kappa shape index (κ2) is 4.70. The first-order valence-corrected chi connectivity index (χ1v) is 2.95. The van der Waals surface area contributed by atoms with Crippen molar-refractivity contribution in [2.24, 2.45) is 0 Å². The molecule has 0 aliphatic carbocycles. The summed E-state index contributed by atoms with van der Waals surface area (Å²) in [6.07, 6.45) is 1.35. The second-order valence-electron chi connectivity index (χ2n) is 1.70. The van der Waals surface area contributed by atoms with Gasteiger partial charge >= 0.3 is 6.03 Å². The van der Waals surface area contributed by atoms with Gasteiger partial charge in [0, 0.05) is 13.2 Å². The van der Waals surface area contributed by atoms with E-state index in [0.717, 1.165) is 5.23 Å². The van der Waals surface area contributed by atoms with E-state index in [0.29, 0.717) is 0 Å². The van der Waals surface area contributed by atoms with Crippen molar-refractivity contribution in [3.8, 4) is 0 Å². The van der Waals surface area contributed by atoms with Gasteiger partial charge in [-0.15, -0.1) is 0 Å². The average molecular weight is 160 g/mol. The fraction of sp³-hybridized carbons (Fsp3) is 0.500. The third-order valence-electron chi connectivity index (χ3n) is 1.06.